The summed E-state index contributed by atoms with van der Waals surface area (Å²) in [6.45, 7) is 4.82. The molecule has 1 aliphatic heterocycles. The molecule has 0 bridgehead atoms. The normalized spacial score (nSPS) is 17.9. The molecule has 2 heterocycles. The van der Waals surface area contributed by atoms with Crippen LogP contribution in [0, 0.1) is 6.92 Å². The summed E-state index contributed by atoms with van der Waals surface area (Å²) in [6, 6.07) is 0.199. The van der Waals surface area contributed by atoms with Crippen molar-refractivity contribution in [2.45, 2.75) is 45.6 Å². The van der Waals surface area contributed by atoms with Gasteiger partial charge in [0.1, 0.15) is 17.5 Å². The first-order valence-electron chi connectivity index (χ1n) is 7.22. The molecular weight excluding hydrogens is 254 g/mol. The maximum atomic E-state index is 11.2. The van der Waals surface area contributed by atoms with Gasteiger partial charge in [0.05, 0.1) is 0 Å². The summed E-state index contributed by atoms with van der Waals surface area (Å²) in [7, 11) is 1.87. The van der Waals surface area contributed by atoms with Crippen LogP contribution in [0.4, 0.5) is 11.6 Å². The van der Waals surface area contributed by atoms with Crippen molar-refractivity contribution in [3.63, 3.8) is 0 Å². The van der Waals surface area contributed by atoms with Gasteiger partial charge in [0, 0.05) is 38.0 Å². The number of carbonyl (C=O) groups is 1. The summed E-state index contributed by atoms with van der Waals surface area (Å²) in [5.41, 5.74) is 1.01. The molecule has 6 heteroatoms. The monoisotopic (exact) mass is 277 g/mol. The van der Waals surface area contributed by atoms with Gasteiger partial charge in [-0.05, 0) is 19.8 Å². The lowest BCUT2D eigenvalue weighted by atomic mass is 10.2. The van der Waals surface area contributed by atoms with Gasteiger partial charge in [0.2, 0.25) is 5.91 Å². The van der Waals surface area contributed by atoms with Crippen LogP contribution in [0.3, 0.4) is 0 Å². The van der Waals surface area contributed by atoms with Crippen molar-refractivity contribution in [3.05, 3.63) is 11.4 Å². The number of rotatable bonds is 6. The Kier molecular flexibility index (Phi) is 4.76. The fourth-order valence-corrected chi connectivity index (χ4v) is 2.36. The van der Waals surface area contributed by atoms with Crippen LogP contribution in [-0.2, 0) is 11.2 Å². The lowest BCUT2D eigenvalue weighted by molar-refractivity contribution is -0.119. The van der Waals surface area contributed by atoms with Crippen molar-refractivity contribution < 1.29 is 4.79 Å². The molecule has 20 heavy (non-hydrogen) atoms. The molecule has 110 valence electrons. The summed E-state index contributed by atoms with van der Waals surface area (Å²) >= 11 is 0. The molecule has 1 amide bonds. The minimum atomic E-state index is 0.138. The van der Waals surface area contributed by atoms with E-state index in [1.165, 1.54) is 0 Å². The third-order valence-electron chi connectivity index (χ3n) is 3.50. The molecule has 1 aliphatic rings. The molecule has 1 aromatic rings. The largest absolute Gasteiger partial charge is 0.373 e. The van der Waals surface area contributed by atoms with E-state index < -0.39 is 0 Å². The molecule has 1 saturated heterocycles. The van der Waals surface area contributed by atoms with Crippen LogP contribution in [-0.4, -0.2) is 35.5 Å². The van der Waals surface area contributed by atoms with E-state index in [9.17, 15) is 4.79 Å². The van der Waals surface area contributed by atoms with E-state index in [2.05, 4.69) is 32.8 Å². The summed E-state index contributed by atoms with van der Waals surface area (Å²) in [5, 5.41) is 9.40. The van der Waals surface area contributed by atoms with Gasteiger partial charge in [-0.25, -0.2) is 9.97 Å². The lowest BCUT2D eigenvalue weighted by Crippen LogP contribution is -2.32. The van der Waals surface area contributed by atoms with Crippen LogP contribution >= 0.6 is 0 Å². The third kappa shape index (κ3) is 3.37. The first kappa shape index (κ1) is 14.6. The first-order chi connectivity index (χ1) is 9.63. The van der Waals surface area contributed by atoms with Crippen molar-refractivity contribution in [2.75, 3.05) is 24.2 Å². The number of aryl methyl sites for hydroxylation is 1. The quantitative estimate of drug-likeness (QED) is 0.734. The number of nitrogens with zero attached hydrogens (tertiary/aromatic N) is 2. The zero-order valence-corrected chi connectivity index (χ0v) is 12.4. The van der Waals surface area contributed by atoms with Gasteiger partial charge in [-0.15, -0.1) is 0 Å². The van der Waals surface area contributed by atoms with E-state index in [1.807, 2.05) is 14.0 Å². The van der Waals surface area contributed by atoms with E-state index in [4.69, 9.17) is 0 Å². The van der Waals surface area contributed by atoms with E-state index in [0.29, 0.717) is 13.0 Å². The molecule has 0 saturated carbocycles. The predicted molar refractivity (Wildman–Crippen MR) is 80.0 cm³/mol. The highest BCUT2D eigenvalue weighted by Crippen LogP contribution is 2.20. The van der Waals surface area contributed by atoms with Crippen LogP contribution in [0.15, 0.2) is 0 Å². The molecule has 0 aliphatic carbocycles. The van der Waals surface area contributed by atoms with Crippen molar-refractivity contribution in [1.82, 2.24) is 15.3 Å². The second-order valence-electron chi connectivity index (χ2n) is 5.15. The zero-order valence-electron chi connectivity index (χ0n) is 12.4. The Bertz CT molecular complexity index is 489. The summed E-state index contributed by atoms with van der Waals surface area (Å²) in [4.78, 5) is 20.3. The Hall–Kier alpha value is -1.85. The highest BCUT2D eigenvalue weighted by molar-refractivity contribution is 5.78. The van der Waals surface area contributed by atoms with Crippen molar-refractivity contribution in [1.29, 1.82) is 0 Å². The SMILES string of the molecule is CCCc1nc(NC)c(C)c(NCC2CCC(=O)N2)n1. The molecule has 3 N–H and O–H groups in total. The van der Waals surface area contributed by atoms with Crippen molar-refractivity contribution in [3.8, 4) is 0 Å². The smallest absolute Gasteiger partial charge is 0.220 e. The Labute approximate surface area is 119 Å². The highest BCUT2D eigenvalue weighted by Gasteiger charge is 2.21. The van der Waals surface area contributed by atoms with Crippen LogP contribution in [0.2, 0.25) is 0 Å². The van der Waals surface area contributed by atoms with Crippen molar-refractivity contribution >= 4 is 17.5 Å². The molecule has 0 spiro atoms. The van der Waals surface area contributed by atoms with E-state index in [1.54, 1.807) is 0 Å². The van der Waals surface area contributed by atoms with Gasteiger partial charge in [0.15, 0.2) is 0 Å². The van der Waals surface area contributed by atoms with Gasteiger partial charge >= 0.3 is 0 Å². The van der Waals surface area contributed by atoms with Gasteiger partial charge in [0.25, 0.3) is 0 Å². The third-order valence-corrected chi connectivity index (χ3v) is 3.50. The van der Waals surface area contributed by atoms with Crippen LogP contribution in [0.1, 0.15) is 37.6 Å². The van der Waals surface area contributed by atoms with Gasteiger partial charge in [-0.1, -0.05) is 6.92 Å². The summed E-state index contributed by atoms with van der Waals surface area (Å²) < 4.78 is 0. The maximum absolute atomic E-state index is 11.2. The zero-order chi connectivity index (χ0) is 14.5. The Morgan fingerprint density at radius 3 is 2.70 bits per heavy atom. The second-order valence-corrected chi connectivity index (χ2v) is 5.15. The van der Waals surface area contributed by atoms with Crippen LogP contribution in [0.25, 0.3) is 0 Å². The number of nitrogens with one attached hydrogen (secondary N) is 3. The molecule has 1 unspecified atom stereocenters. The predicted octanol–water partition coefficient (Wildman–Crippen LogP) is 1.47. The fourth-order valence-electron chi connectivity index (χ4n) is 2.36. The maximum Gasteiger partial charge on any atom is 0.220 e. The lowest BCUT2D eigenvalue weighted by Gasteiger charge is -2.16. The standard InChI is InChI=1S/C14H23N5O/c1-4-5-11-18-13(15-3)9(2)14(19-11)16-8-10-6-7-12(20)17-10/h10H,4-8H2,1-3H3,(H,17,20)(H2,15,16,18,19). The average molecular weight is 277 g/mol. The van der Waals surface area contributed by atoms with Gasteiger partial charge in [-0.3, -0.25) is 4.79 Å². The Balaban J connectivity index is 2.08. The molecular formula is C14H23N5O. The number of hydrogen-bond donors (Lipinski definition) is 3. The molecule has 2 rings (SSSR count). The Morgan fingerprint density at radius 1 is 1.35 bits per heavy atom. The number of amides is 1. The van der Waals surface area contributed by atoms with Gasteiger partial charge < -0.3 is 16.0 Å². The fraction of sp³-hybridized carbons (Fsp3) is 0.643. The minimum absolute atomic E-state index is 0.138. The number of anilines is 2. The second kappa shape index (κ2) is 6.54. The molecule has 1 fully saturated rings. The first-order valence-corrected chi connectivity index (χ1v) is 7.22. The van der Waals surface area contributed by atoms with Crippen molar-refractivity contribution in [2.24, 2.45) is 0 Å². The van der Waals surface area contributed by atoms with Gasteiger partial charge in [-0.2, -0.15) is 0 Å². The molecule has 0 radical (unpaired) electrons. The minimum Gasteiger partial charge on any atom is -0.373 e. The topological polar surface area (TPSA) is 78.9 Å². The van der Waals surface area contributed by atoms with Crippen LogP contribution in [0.5, 0.6) is 0 Å². The van der Waals surface area contributed by atoms with Crippen LogP contribution < -0.4 is 16.0 Å². The molecule has 1 atom stereocenters. The Morgan fingerprint density at radius 2 is 2.10 bits per heavy atom. The molecule has 6 nitrogen and oxygen atoms in total. The number of aromatic nitrogens is 2. The highest BCUT2D eigenvalue weighted by atomic mass is 16.1. The number of hydrogen-bond acceptors (Lipinski definition) is 5. The summed E-state index contributed by atoms with van der Waals surface area (Å²) in [6.07, 6.45) is 3.39. The number of carbonyl (C=O) groups excluding carboxylic acids is 1. The molecule has 0 aromatic carbocycles. The average Bonchev–Trinajstić information content (AvgIpc) is 2.85. The van der Waals surface area contributed by atoms with E-state index in [-0.39, 0.29) is 11.9 Å². The van der Waals surface area contributed by atoms with E-state index in [0.717, 1.165) is 42.3 Å². The summed E-state index contributed by atoms with van der Waals surface area (Å²) in [5.74, 6) is 2.70. The van der Waals surface area contributed by atoms with E-state index >= 15 is 0 Å². The molecule has 1 aromatic heterocycles.